The third-order valence-electron chi connectivity index (χ3n) is 4.49. The van der Waals surface area contributed by atoms with Crippen LogP contribution in [0.4, 0.5) is 0 Å². The Morgan fingerprint density at radius 3 is 1.48 bits per heavy atom. The van der Waals surface area contributed by atoms with E-state index < -0.39 is 0 Å². The molecule has 0 saturated heterocycles. The Hall–Kier alpha value is -0.120. The number of benzene rings is 2. The molecule has 112 valence electrons. The van der Waals surface area contributed by atoms with Gasteiger partial charge in [-0.15, -0.1) is 0 Å². The Bertz CT molecular complexity index is 653. The quantitative estimate of drug-likeness (QED) is 0.402. The summed E-state index contributed by atoms with van der Waals surface area (Å²) in [6.45, 7) is 11.1. The second-order valence-electron chi connectivity index (χ2n) is 5.60. The lowest BCUT2D eigenvalue weighted by Gasteiger charge is -2.23. The maximum absolute atomic E-state index is 3.92. The Labute approximate surface area is 152 Å². The molecular formula is C18H19Br3. The molecule has 0 heterocycles. The first-order valence-corrected chi connectivity index (χ1v) is 9.41. The minimum atomic E-state index is 0.198. The predicted octanol–water partition coefficient (Wildman–Crippen LogP) is 7.24. The van der Waals surface area contributed by atoms with E-state index in [1.165, 1.54) is 38.9 Å². The fourth-order valence-electron chi connectivity index (χ4n) is 2.80. The van der Waals surface area contributed by atoms with E-state index in [0.717, 1.165) is 8.95 Å². The van der Waals surface area contributed by atoms with Crippen LogP contribution in [0.2, 0.25) is 0 Å². The van der Waals surface area contributed by atoms with E-state index in [4.69, 9.17) is 0 Å². The molecule has 0 aromatic heterocycles. The standard InChI is InChI=1S/C18H19Br3/c1-9-10(2)12(4)17(13(5)11(9)3)18(21)14-6-15(19)8-16(20)7-14/h6-8,18H,1-5H3. The van der Waals surface area contributed by atoms with Crippen molar-refractivity contribution >= 4 is 47.8 Å². The van der Waals surface area contributed by atoms with Gasteiger partial charge in [-0.3, -0.25) is 0 Å². The molecule has 0 aliphatic heterocycles. The monoisotopic (exact) mass is 472 g/mol. The number of rotatable bonds is 2. The zero-order chi connectivity index (χ0) is 15.9. The van der Waals surface area contributed by atoms with Crippen LogP contribution in [0, 0.1) is 34.6 Å². The van der Waals surface area contributed by atoms with Crippen LogP contribution in [-0.4, -0.2) is 0 Å². The molecule has 2 rings (SSSR count). The van der Waals surface area contributed by atoms with E-state index in [1.807, 2.05) is 0 Å². The summed E-state index contributed by atoms with van der Waals surface area (Å²) in [5.41, 5.74) is 9.61. The molecule has 0 amide bonds. The summed E-state index contributed by atoms with van der Waals surface area (Å²) in [4.78, 5) is 0.198. The summed E-state index contributed by atoms with van der Waals surface area (Å²) in [7, 11) is 0. The molecule has 3 heteroatoms. The van der Waals surface area contributed by atoms with Gasteiger partial charge in [0.1, 0.15) is 0 Å². The van der Waals surface area contributed by atoms with Crippen LogP contribution in [0.15, 0.2) is 27.1 Å². The van der Waals surface area contributed by atoms with Crippen LogP contribution in [0.1, 0.15) is 43.8 Å². The van der Waals surface area contributed by atoms with Gasteiger partial charge >= 0.3 is 0 Å². The second-order valence-corrected chi connectivity index (χ2v) is 8.35. The molecule has 0 nitrogen and oxygen atoms in total. The van der Waals surface area contributed by atoms with E-state index in [9.17, 15) is 0 Å². The van der Waals surface area contributed by atoms with Crippen molar-refractivity contribution in [3.05, 3.63) is 66.1 Å². The molecule has 0 saturated carbocycles. The molecule has 0 N–H and O–H groups in total. The summed E-state index contributed by atoms with van der Waals surface area (Å²) in [5, 5.41) is 0. The smallest absolute Gasteiger partial charge is 0.0650 e. The van der Waals surface area contributed by atoms with Crippen molar-refractivity contribution in [2.24, 2.45) is 0 Å². The fourth-order valence-corrected chi connectivity index (χ4v) is 5.08. The van der Waals surface area contributed by atoms with Crippen molar-refractivity contribution in [2.75, 3.05) is 0 Å². The first-order chi connectivity index (χ1) is 9.73. The molecule has 2 aromatic carbocycles. The summed E-state index contributed by atoms with van der Waals surface area (Å²) in [5.74, 6) is 0. The van der Waals surface area contributed by atoms with E-state index in [1.54, 1.807) is 0 Å². The van der Waals surface area contributed by atoms with Gasteiger partial charge in [-0.05, 0) is 91.8 Å². The molecule has 0 radical (unpaired) electrons. The fraction of sp³-hybridized carbons (Fsp3) is 0.333. The number of halogens is 3. The summed E-state index contributed by atoms with van der Waals surface area (Å²) < 4.78 is 2.18. The minimum Gasteiger partial charge on any atom is -0.0786 e. The van der Waals surface area contributed by atoms with E-state index in [-0.39, 0.29) is 4.83 Å². The van der Waals surface area contributed by atoms with Crippen molar-refractivity contribution < 1.29 is 0 Å². The molecule has 0 aliphatic carbocycles. The van der Waals surface area contributed by atoms with Crippen molar-refractivity contribution in [2.45, 2.75) is 39.4 Å². The molecule has 21 heavy (non-hydrogen) atoms. The highest BCUT2D eigenvalue weighted by atomic mass is 79.9. The minimum absolute atomic E-state index is 0.198. The van der Waals surface area contributed by atoms with Gasteiger partial charge in [0, 0.05) is 8.95 Å². The second kappa shape index (κ2) is 6.55. The number of alkyl halides is 1. The van der Waals surface area contributed by atoms with E-state index in [2.05, 4.69) is 101 Å². The SMILES string of the molecule is Cc1c(C)c(C)c(C(Br)c2cc(Br)cc(Br)c2)c(C)c1C. The summed E-state index contributed by atoms with van der Waals surface area (Å²) >= 11 is 11.1. The number of hydrogen-bond donors (Lipinski definition) is 0. The lowest BCUT2D eigenvalue weighted by atomic mass is 9.87. The Morgan fingerprint density at radius 1 is 0.667 bits per heavy atom. The molecule has 1 atom stereocenters. The van der Waals surface area contributed by atoms with Gasteiger partial charge in [0.05, 0.1) is 4.83 Å². The summed E-state index contributed by atoms with van der Waals surface area (Å²) in [6.07, 6.45) is 0. The molecule has 0 spiro atoms. The van der Waals surface area contributed by atoms with Crippen molar-refractivity contribution in [1.82, 2.24) is 0 Å². The maximum atomic E-state index is 3.92. The Balaban J connectivity index is 2.66. The third kappa shape index (κ3) is 3.30. The van der Waals surface area contributed by atoms with Crippen molar-refractivity contribution in [1.29, 1.82) is 0 Å². The first kappa shape index (κ1) is 17.2. The van der Waals surface area contributed by atoms with Crippen LogP contribution < -0.4 is 0 Å². The van der Waals surface area contributed by atoms with Gasteiger partial charge in [0.15, 0.2) is 0 Å². The lowest BCUT2D eigenvalue weighted by molar-refractivity contribution is 1.05. The number of hydrogen-bond acceptors (Lipinski definition) is 0. The van der Waals surface area contributed by atoms with Gasteiger partial charge < -0.3 is 0 Å². The van der Waals surface area contributed by atoms with Gasteiger partial charge in [0.25, 0.3) is 0 Å². The molecular weight excluding hydrogens is 456 g/mol. The maximum Gasteiger partial charge on any atom is 0.0650 e. The topological polar surface area (TPSA) is 0 Å². The van der Waals surface area contributed by atoms with Crippen LogP contribution in [0.25, 0.3) is 0 Å². The van der Waals surface area contributed by atoms with Crippen LogP contribution >= 0.6 is 47.8 Å². The third-order valence-corrected chi connectivity index (χ3v) is 6.39. The van der Waals surface area contributed by atoms with Crippen molar-refractivity contribution in [3.8, 4) is 0 Å². The van der Waals surface area contributed by atoms with E-state index >= 15 is 0 Å². The van der Waals surface area contributed by atoms with Gasteiger partial charge in [-0.2, -0.15) is 0 Å². The van der Waals surface area contributed by atoms with Gasteiger partial charge in [0.2, 0.25) is 0 Å². The average Bonchev–Trinajstić information content (AvgIpc) is 2.42. The summed E-state index contributed by atoms with van der Waals surface area (Å²) in [6, 6.07) is 6.41. The van der Waals surface area contributed by atoms with Crippen LogP contribution in [-0.2, 0) is 0 Å². The van der Waals surface area contributed by atoms with E-state index in [0.29, 0.717) is 0 Å². The lowest BCUT2D eigenvalue weighted by Crippen LogP contribution is -2.05. The average molecular weight is 475 g/mol. The Morgan fingerprint density at radius 2 is 1.05 bits per heavy atom. The van der Waals surface area contributed by atoms with Crippen molar-refractivity contribution in [3.63, 3.8) is 0 Å². The molecule has 0 bridgehead atoms. The zero-order valence-corrected chi connectivity index (χ0v) is 17.7. The highest BCUT2D eigenvalue weighted by molar-refractivity contribution is 9.11. The van der Waals surface area contributed by atoms with Crippen LogP contribution in [0.5, 0.6) is 0 Å². The first-order valence-electron chi connectivity index (χ1n) is 6.91. The molecule has 0 aliphatic rings. The highest BCUT2D eigenvalue weighted by Crippen LogP contribution is 2.40. The predicted molar refractivity (Wildman–Crippen MR) is 103 cm³/mol. The molecule has 0 fully saturated rings. The largest absolute Gasteiger partial charge is 0.0786 e. The zero-order valence-electron chi connectivity index (χ0n) is 12.9. The normalized spacial score (nSPS) is 12.6. The van der Waals surface area contributed by atoms with Gasteiger partial charge in [-0.25, -0.2) is 0 Å². The molecule has 2 aromatic rings. The Kier molecular flexibility index (Phi) is 5.38. The van der Waals surface area contributed by atoms with Crippen LogP contribution in [0.3, 0.4) is 0 Å². The highest BCUT2D eigenvalue weighted by Gasteiger charge is 2.20. The molecule has 1 unspecified atom stereocenters. The van der Waals surface area contributed by atoms with Gasteiger partial charge in [-0.1, -0.05) is 47.8 Å².